The number of aromatic nitrogens is 1. The normalized spacial score (nSPS) is 10.5. The largest absolute Gasteiger partial charge is 0.482 e. The van der Waals surface area contributed by atoms with E-state index in [2.05, 4.69) is 4.98 Å². The predicted molar refractivity (Wildman–Crippen MR) is 118 cm³/mol. The number of nitrogens with two attached hydrogens (primary N) is 1. The summed E-state index contributed by atoms with van der Waals surface area (Å²) >= 11 is 12.3. The van der Waals surface area contributed by atoms with Crippen molar-refractivity contribution in [2.24, 2.45) is 5.73 Å². The van der Waals surface area contributed by atoms with Crippen molar-refractivity contribution in [3.05, 3.63) is 76.0 Å². The summed E-state index contributed by atoms with van der Waals surface area (Å²) in [5, 5.41) is 0.874. The molecule has 6 nitrogen and oxygen atoms in total. The first-order chi connectivity index (χ1) is 14.3. The fourth-order valence-electron chi connectivity index (χ4n) is 2.98. The molecule has 0 saturated heterocycles. The van der Waals surface area contributed by atoms with Gasteiger partial charge in [-0.15, -0.1) is 0 Å². The highest BCUT2D eigenvalue weighted by Crippen LogP contribution is 2.33. The maximum Gasteiger partial charge on any atom is 0.258 e. The summed E-state index contributed by atoms with van der Waals surface area (Å²) in [7, 11) is 1.62. The Morgan fingerprint density at radius 3 is 2.53 bits per heavy atom. The molecule has 2 amide bonds. The van der Waals surface area contributed by atoms with Gasteiger partial charge in [0.1, 0.15) is 10.9 Å². The molecule has 2 N–H and O–H groups in total. The summed E-state index contributed by atoms with van der Waals surface area (Å²) in [6.07, 6.45) is 1.63. The minimum Gasteiger partial charge on any atom is -0.482 e. The summed E-state index contributed by atoms with van der Waals surface area (Å²) in [6, 6.07) is 13.7. The molecule has 0 aliphatic carbocycles. The molecule has 0 aliphatic heterocycles. The van der Waals surface area contributed by atoms with Crippen molar-refractivity contribution >= 4 is 40.7 Å². The molecule has 0 radical (unpaired) electrons. The third-order valence-corrected chi connectivity index (χ3v) is 5.02. The Bertz CT molecular complexity index is 1120. The van der Waals surface area contributed by atoms with E-state index in [0.717, 1.165) is 11.1 Å². The van der Waals surface area contributed by atoms with Crippen molar-refractivity contribution in [2.75, 3.05) is 18.6 Å². The van der Waals surface area contributed by atoms with Crippen LogP contribution in [0.25, 0.3) is 11.1 Å². The lowest BCUT2D eigenvalue weighted by Crippen LogP contribution is -2.27. The Morgan fingerprint density at radius 2 is 1.83 bits per heavy atom. The number of halogens is 2. The van der Waals surface area contributed by atoms with Crippen LogP contribution in [0.15, 0.2) is 54.7 Å². The third-order valence-electron chi connectivity index (χ3n) is 4.48. The molecule has 154 valence electrons. The molecule has 3 rings (SSSR count). The van der Waals surface area contributed by atoms with Crippen LogP contribution in [0.2, 0.25) is 10.2 Å². The number of amides is 2. The van der Waals surface area contributed by atoms with Crippen LogP contribution in [0.3, 0.4) is 0 Å². The van der Waals surface area contributed by atoms with Gasteiger partial charge in [0.05, 0.1) is 5.69 Å². The van der Waals surface area contributed by atoms with E-state index in [4.69, 9.17) is 33.7 Å². The molecule has 0 saturated carbocycles. The Labute approximate surface area is 184 Å². The van der Waals surface area contributed by atoms with Crippen molar-refractivity contribution in [1.82, 2.24) is 4.98 Å². The molecule has 1 aromatic heterocycles. The minimum absolute atomic E-state index is 0.275. The Hall–Kier alpha value is -3.09. The number of hydrogen-bond donors (Lipinski definition) is 1. The molecule has 2 aromatic carbocycles. The maximum absolute atomic E-state index is 13.2. The lowest BCUT2D eigenvalue weighted by molar-refractivity contribution is -0.119. The molecule has 30 heavy (non-hydrogen) atoms. The average Bonchev–Trinajstić information content (AvgIpc) is 2.72. The van der Waals surface area contributed by atoms with Gasteiger partial charge in [-0.1, -0.05) is 35.3 Å². The Kier molecular flexibility index (Phi) is 6.59. The molecular formula is C22H19Cl2N3O3. The number of rotatable bonds is 6. The van der Waals surface area contributed by atoms with Gasteiger partial charge in [-0.2, -0.15) is 0 Å². The van der Waals surface area contributed by atoms with Gasteiger partial charge in [0.25, 0.3) is 11.8 Å². The number of pyridine rings is 1. The number of ether oxygens (including phenoxy) is 1. The number of aryl methyl sites for hydroxylation is 1. The molecule has 0 aliphatic rings. The second-order valence-electron chi connectivity index (χ2n) is 6.60. The van der Waals surface area contributed by atoms with Gasteiger partial charge >= 0.3 is 0 Å². The van der Waals surface area contributed by atoms with Crippen molar-refractivity contribution in [3.8, 4) is 16.9 Å². The molecule has 0 atom stereocenters. The van der Waals surface area contributed by atoms with Crippen LogP contribution in [-0.4, -0.2) is 30.5 Å². The van der Waals surface area contributed by atoms with Gasteiger partial charge in [-0.05, 0) is 48.9 Å². The van der Waals surface area contributed by atoms with Gasteiger partial charge < -0.3 is 15.4 Å². The smallest absolute Gasteiger partial charge is 0.258 e. The number of primary amides is 1. The van der Waals surface area contributed by atoms with E-state index in [1.54, 1.807) is 61.8 Å². The fraction of sp³-hybridized carbons (Fsp3) is 0.136. The first-order valence-electron chi connectivity index (χ1n) is 8.98. The summed E-state index contributed by atoms with van der Waals surface area (Å²) in [6.45, 7) is 1.61. The average molecular weight is 444 g/mol. The zero-order valence-electron chi connectivity index (χ0n) is 16.4. The van der Waals surface area contributed by atoms with E-state index in [0.29, 0.717) is 32.7 Å². The van der Waals surface area contributed by atoms with Crippen LogP contribution in [0.5, 0.6) is 5.75 Å². The monoisotopic (exact) mass is 443 g/mol. The van der Waals surface area contributed by atoms with E-state index in [1.165, 1.54) is 4.90 Å². The summed E-state index contributed by atoms with van der Waals surface area (Å²) in [5.41, 5.74) is 8.44. The van der Waals surface area contributed by atoms with Gasteiger partial charge in [0.2, 0.25) is 0 Å². The second kappa shape index (κ2) is 9.15. The predicted octanol–water partition coefficient (Wildman–Crippen LogP) is 4.50. The van der Waals surface area contributed by atoms with E-state index in [1.807, 2.05) is 6.92 Å². The van der Waals surface area contributed by atoms with E-state index < -0.39 is 5.91 Å². The van der Waals surface area contributed by atoms with Crippen LogP contribution < -0.4 is 15.4 Å². The molecule has 0 bridgehead atoms. The van der Waals surface area contributed by atoms with Crippen LogP contribution in [-0.2, 0) is 4.79 Å². The number of benzene rings is 2. The van der Waals surface area contributed by atoms with Crippen molar-refractivity contribution in [3.63, 3.8) is 0 Å². The number of nitrogens with zero attached hydrogens (tertiary/aromatic N) is 2. The lowest BCUT2D eigenvalue weighted by atomic mass is 10.0. The quantitative estimate of drug-likeness (QED) is 0.568. The number of carbonyl (C=O) groups is 2. The van der Waals surface area contributed by atoms with Crippen molar-refractivity contribution in [1.29, 1.82) is 0 Å². The molecule has 1 heterocycles. The first kappa shape index (κ1) is 21.6. The highest BCUT2D eigenvalue weighted by Gasteiger charge is 2.19. The standard InChI is InChI=1S/C22H19Cl2N3O3/c1-13-9-20(24)26-11-16(13)15-10-14(7-8-17(15)23)22(29)27(2)18-5-3-4-6-19(18)30-12-21(25)28/h3-11H,12H2,1-2H3,(H2,25,28). The Balaban J connectivity index is 1.95. The first-order valence-corrected chi connectivity index (χ1v) is 9.73. The number of anilines is 1. The van der Waals surface area contributed by atoms with Gasteiger partial charge in [-0.25, -0.2) is 4.98 Å². The maximum atomic E-state index is 13.2. The van der Waals surface area contributed by atoms with E-state index >= 15 is 0 Å². The van der Waals surface area contributed by atoms with Crippen molar-refractivity contribution in [2.45, 2.75) is 6.92 Å². The van der Waals surface area contributed by atoms with Crippen LogP contribution in [0, 0.1) is 6.92 Å². The number of carbonyl (C=O) groups excluding carboxylic acids is 2. The molecule has 3 aromatic rings. The van der Waals surface area contributed by atoms with Gasteiger partial charge in [-0.3, -0.25) is 9.59 Å². The summed E-state index contributed by atoms with van der Waals surface area (Å²) in [5.74, 6) is -0.505. The molecule has 0 unspecified atom stereocenters. The highest BCUT2D eigenvalue weighted by atomic mass is 35.5. The molecule has 0 fully saturated rings. The molecule has 0 spiro atoms. The van der Waals surface area contributed by atoms with Gasteiger partial charge in [0.15, 0.2) is 6.61 Å². The fourth-order valence-corrected chi connectivity index (χ4v) is 3.41. The van der Waals surface area contributed by atoms with E-state index in [9.17, 15) is 9.59 Å². The third kappa shape index (κ3) is 4.72. The molecule has 8 heteroatoms. The van der Waals surface area contributed by atoms with Crippen LogP contribution in [0.1, 0.15) is 15.9 Å². The highest BCUT2D eigenvalue weighted by molar-refractivity contribution is 6.33. The van der Waals surface area contributed by atoms with Crippen molar-refractivity contribution < 1.29 is 14.3 Å². The SMILES string of the molecule is Cc1cc(Cl)ncc1-c1cc(C(=O)N(C)c2ccccc2OCC(N)=O)ccc1Cl. The summed E-state index contributed by atoms with van der Waals surface area (Å²) < 4.78 is 5.43. The summed E-state index contributed by atoms with van der Waals surface area (Å²) in [4.78, 5) is 29.8. The zero-order chi connectivity index (χ0) is 21.8. The number of hydrogen-bond acceptors (Lipinski definition) is 4. The lowest BCUT2D eigenvalue weighted by Gasteiger charge is -2.21. The van der Waals surface area contributed by atoms with Crippen LogP contribution >= 0.6 is 23.2 Å². The van der Waals surface area contributed by atoms with E-state index in [-0.39, 0.29) is 12.5 Å². The van der Waals surface area contributed by atoms with Gasteiger partial charge in [0, 0.05) is 35.0 Å². The minimum atomic E-state index is -0.604. The molecular weight excluding hydrogens is 425 g/mol. The second-order valence-corrected chi connectivity index (χ2v) is 7.40. The van der Waals surface area contributed by atoms with Crippen LogP contribution in [0.4, 0.5) is 5.69 Å². The topological polar surface area (TPSA) is 85.5 Å². The zero-order valence-corrected chi connectivity index (χ0v) is 17.9. The Morgan fingerprint density at radius 1 is 1.10 bits per heavy atom. The number of para-hydroxylation sites is 2.